The van der Waals surface area contributed by atoms with Gasteiger partial charge in [0.25, 0.3) is 5.56 Å². The van der Waals surface area contributed by atoms with E-state index in [0.717, 1.165) is 49.0 Å². The Hall–Kier alpha value is -2.27. The molecule has 2 aliphatic rings. The molecule has 2 aliphatic heterocycles. The molecule has 5 nitrogen and oxygen atoms in total. The van der Waals surface area contributed by atoms with Crippen LogP contribution in [0.15, 0.2) is 41.3 Å². The van der Waals surface area contributed by atoms with Gasteiger partial charge >= 0.3 is 0 Å². The van der Waals surface area contributed by atoms with Gasteiger partial charge in [0.05, 0.1) is 0 Å². The van der Waals surface area contributed by atoms with Gasteiger partial charge < -0.3 is 14.5 Å². The Bertz CT molecular complexity index is 825. The number of fused-ring (bicyclic) bond motifs is 1. The topological polar surface area (TPSA) is 54.6 Å². The number of rotatable bonds is 8. The number of para-hydroxylation sites is 1. The Kier molecular flexibility index (Phi) is 6.32. The van der Waals surface area contributed by atoms with Crippen LogP contribution in [0, 0.1) is 5.92 Å². The third-order valence-corrected chi connectivity index (χ3v) is 6.04. The van der Waals surface area contributed by atoms with Crippen molar-refractivity contribution in [2.45, 2.75) is 51.5 Å². The van der Waals surface area contributed by atoms with Gasteiger partial charge in [0, 0.05) is 18.3 Å². The molecule has 0 amide bonds. The summed E-state index contributed by atoms with van der Waals surface area (Å²) < 4.78 is 11.0. The number of benzene rings is 1. The van der Waals surface area contributed by atoms with Crippen LogP contribution in [0.5, 0.6) is 11.5 Å². The maximum absolute atomic E-state index is 11.8. The summed E-state index contributed by atoms with van der Waals surface area (Å²) in [5.41, 5.74) is 2.20. The van der Waals surface area contributed by atoms with E-state index in [2.05, 4.69) is 22.0 Å². The maximum atomic E-state index is 11.8. The second-order valence-corrected chi connectivity index (χ2v) is 7.99. The zero-order valence-corrected chi connectivity index (χ0v) is 16.5. The number of hydrogen-bond donors (Lipinski definition) is 1. The SMILES string of the molecule is O=c1[nH]cccc1CN1CCC(CCCCCc2cccc3c2OCO3)CC1. The largest absolute Gasteiger partial charge is 0.454 e. The van der Waals surface area contributed by atoms with Crippen molar-refractivity contribution in [2.75, 3.05) is 19.9 Å². The average molecular weight is 383 g/mol. The van der Waals surface area contributed by atoms with Crippen LogP contribution in [0.25, 0.3) is 0 Å². The monoisotopic (exact) mass is 382 g/mol. The molecular weight excluding hydrogens is 352 g/mol. The minimum absolute atomic E-state index is 0.0469. The van der Waals surface area contributed by atoms with Gasteiger partial charge in [-0.25, -0.2) is 0 Å². The number of aryl methyl sites for hydroxylation is 1. The minimum Gasteiger partial charge on any atom is -0.454 e. The molecule has 3 heterocycles. The number of ether oxygens (including phenoxy) is 2. The van der Waals surface area contributed by atoms with E-state index in [1.54, 1.807) is 6.20 Å². The number of nitrogens with zero attached hydrogens (tertiary/aromatic N) is 1. The highest BCUT2D eigenvalue weighted by atomic mass is 16.7. The first-order chi connectivity index (χ1) is 13.8. The predicted molar refractivity (Wildman–Crippen MR) is 110 cm³/mol. The normalized spacial score (nSPS) is 17.1. The van der Waals surface area contributed by atoms with Gasteiger partial charge in [-0.2, -0.15) is 0 Å². The van der Waals surface area contributed by atoms with Crippen molar-refractivity contribution in [1.82, 2.24) is 9.88 Å². The molecule has 1 saturated heterocycles. The first kappa shape index (κ1) is 19.1. The highest BCUT2D eigenvalue weighted by molar-refractivity contribution is 5.48. The summed E-state index contributed by atoms with van der Waals surface area (Å²) in [5, 5.41) is 0. The fourth-order valence-corrected chi connectivity index (χ4v) is 4.37. The lowest BCUT2D eigenvalue weighted by Crippen LogP contribution is -2.34. The standard InChI is InChI=1S/C23H30N2O3/c26-23-20(9-5-13-24-23)16-25-14-11-18(12-15-25)6-2-1-3-7-19-8-4-10-21-22(19)28-17-27-21/h4-5,8-10,13,18H,1-3,6-7,11-12,14-17H2,(H,24,26). The molecule has 0 saturated carbocycles. The van der Waals surface area contributed by atoms with E-state index in [1.165, 1.54) is 44.1 Å². The molecule has 4 rings (SSSR count). The first-order valence-electron chi connectivity index (χ1n) is 10.6. The summed E-state index contributed by atoms with van der Waals surface area (Å²) in [6.45, 7) is 3.33. The summed E-state index contributed by atoms with van der Waals surface area (Å²) >= 11 is 0. The molecule has 5 heteroatoms. The van der Waals surface area contributed by atoms with Crippen molar-refractivity contribution in [3.05, 3.63) is 58.0 Å². The Balaban J connectivity index is 1.12. The van der Waals surface area contributed by atoms with E-state index in [1.807, 2.05) is 18.2 Å². The quantitative estimate of drug-likeness (QED) is 0.698. The van der Waals surface area contributed by atoms with Crippen molar-refractivity contribution >= 4 is 0 Å². The lowest BCUT2D eigenvalue weighted by molar-refractivity contribution is 0.170. The third kappa shape index (κ3) is 4.76. The number of aromatic amines is 1. The van der Waals surface area contributed by atoms with Crippen LogP contribution in [-0.4, -0.2) is 29.8 Å². The number of piperidine rings is 1. The van der Waals surface area contributed by atoms with Crippen LogP contribution >= 0.6 is 0 Å². The van der Waals surface area contributed by atoms with Gasteiger partial charge in [0.1, 0.15) is 0 Å². The van der Waals surface area contributed by atoms with E-state index in [0.29, 0.717) is 6.79 Å². The minimum atomic E-state index is 0.0469. The molecule has 1 fully saturated rings. The van der Waals surface area contributed by atoms with Crippen LogP contribution in [-0.2, 0) is 13.0 Å². The molecule has 0 aliphatic carbocycles. The summed E-state index contributed by atoms with van der Waals surface area (Å²) in [6.07, 6.45) is 10.4. The summed E-state index contributed by atoms with van der Waals surface area (Å²) in [6, 6.07) is 10.0. The summed E-state index contributed by atoms with van der Waals surface area (Å²) in [7, 11) is 0. The smallest absolute Gasteiger partial charge is 0.252 e. The Labute approximate surface area is 166 Å². The number of pyridine rings is 1. The number of H-pyrrole nitrogens is 1. The van der Waals surface area contributed by atoms with Crippen LogP contribution < -0.4 is 15.0 Å². The van der Waals surface area contributed by atoms with Crippen LogP contribution in [0.3, 0.4) is 0 Å². The van der Waals surface area contributed by atoms with Gasteiger partial charge in [-0.05, 0) is 62.4 Å². The molecule has 0 bridgehead atoms. The molecule has 1 aromatic carbocycles. The van der Waals surface area contributed by atoms with E-state index in [4.69, 9.17) is 9.47 Å². The fraction of sp³-hybridized carbons (Fsp3) is 0.522. The van der Waals surface area contributed by atoms with E-state index in [9.17, 15) is 4.79 Å². The van der Waals surface area contributed by atoms with E-state index in [-0.39, 0.29) is 5.56 Å². The third-order valence-electron chi connectivity index (χ3n) is 6.04. The van der Waals surface area contributed by atoms with Crippen molar-refractivity contribution in [3.63, 3.8) is 0 Å². The predicted octanol–water partition coefficient (Wildman–Crippen LogP) is 4.12. The molecule has 150 valence electrons. The van der Waals surface area contributed by atoms with Gasteiger partial charge in [-0.1, -0.05) is 37.5 Å². The van der Waals surface area contributed by atoms with Gasteiger partial charge in [0.15, 0.2) is 11.5 Å². The highest BCUT2D eigenvalue weighted by Crippen LogP contribution is 2.36. The maximum Gasteiger partial charge on any atom is 0.252 e. The van der Waals surface area contributed by atoms with Crippen molar-refractivity contribution < 1.29 is 9.47 Å². The van der Waals surface area contributed by atoms with Crippen LogP contribution in [0.2, 0.25) is 0 Å². The Morgan fingerprint density at radius 1 is 1.00 bits per heavy atom. The number of unbranched alkanes of at least 4 members (excludes halogenated alkanes) is 2. The molecule has 2 aromatic rings. The lowest BCUT2D eigenvalue weighted by atomic mass is 9.90. The zero-order valence-electron chi connectivity index (χ0n) is 16.5. The molecule has 0 atom stereocenters. The Morgan fingerprint density at radius 2 is 1.86 bits per heavy atom. The van der Waals surface area contributed by atoms with Gasteiger partial charge in [-0.15, -0.1) is 0 Å². The number of likely N-dealkylation sites (tertiary alicyclic amines) is 1. The zero-order chi connectivity index (χ0) is 19.2. The second kappa shape index (κ2) is 9.28. The van der Waals surface area contributed by atoms with Crippen LogP contribution in [0.1, 0.15) is 49.7 Å². The second-order valence-electron chi connectivity index (χ2n) is 7.99. The molecule has 1 aromatic heterocycles. The average Bonchev–Trinajstić information content (AvgIpc) is 3.20. The van der Waals surface area contributed by atoms with E-state index >= 15 is 0 Å². The van der Waals surface area contributed by atoms with Gasteiger partial charge in [0.2, 0.25) is 6.79 Å². The number of aromatic nitrogens is 1. The van der Waals surface area contributed by atoms with Crippen molar-refractivity contribution in [2.24, 2.45) is 5.92 Å². The first-order valence-corrected chi connectivity index (χ1v) is 10.6. The molecule has 1 N–H and O–H groups in total. The summed E-state index contributed by atoms with van der Waals surface area (Å²) in [5.74, 6) is 2.68. The van der Waals surface area contributed by atoms with Crippen molar-refractivity contribution in [1.29, 1.82) is 0 Å². The molecular formula is C23H30N2O3. The summed E-state index contributed by atoms with van der Waals surface area (Å²) in [4.78, 5) is 17.0. The van der Waals surface area contributed by atoms with Gasteiger partial charge in [-0.3, -0.25) is 9.69 Å². The van der Waals surface area contributed by atoms with E-state index < -0.39 is 0 Å². The van der Waals surface area contributed by atoms with Crippen molar-refractivity contribution in [3.8, 4) is 11.5 Å². The fourth-order valence-electron chi connectivity index (χ4n) is 4.37. The molecule has 0 spiro atoms. The molecule has 0 unspecified atom stereocenters. The number of nitrogens with one attached hydrogen (secondary N) is 1. The highest BCUT2D eigenvalue weighted by Gasteiger charge is 2.20. The molecule has 28 heavy (non-hydrogen) atoms. The van der Waals surface area contributed by atoms with Crippen LogP contribution in [0.4, 0.5) is 0 Å². The lowest BCUT2D eigenvalue weighted by Gasteiger charge is -2.31. The Morgan fingerprint density at radius 3 is 2.71 bits per heavy atom. The molecule has 0 radical (unpaired) electrons. The number of hydrogen-bond acceptors (Lipinski definition) is 4.